The predicted octanol–water partition coefficient (Wildman–Crippen LogP) is 4.58. The molecule has 2 aromatic carbocycles. The number of morpholine rings is 1. The molecule has 2 aliphatic heterocycles. The van der Waals surface area contributed by atoms with Crippen molar-refractivity contribution in [2.24, 2.45) is 0 Å². The second-order valence-electron chi connectivity index (χ2n) is 10.0. The third-order valence-corrected chi connectivity index (χ3v) is 7.56. The van der Waals surface area contributed by atoms with Gasteiger partial charge in [0.2, 0.25) is 5.91 Å². The first-order valence-corrected chi connectivity index (χ1v) is 13.9. The first-order valence-electron chi connectivity index (χ1n) is 13.6. The Hall–Kier alpha value is -3.24. The first-order chi connectivity index (χ1) is 19.5. The predicted molar refractivity (Wildman–Crippen MR) is 147 cm³/mol. The summed E-state index contributed by atoms with van der Waals surface area (Å²) in [7, 11) is 0. The van der Waals surface area contributed by atoms with Crippen molar-refractivity contribution in [2.45, 2.75) is 38.1 Å². The molecule has 2 amide bonds. The van der Waals surface area contributed by atoms with Gasteiger partial charge in [0.05, 0.1) is 25.9 Å². The van der Waals surface area contributed by atoms with Gasteiger partial charge in [-0.3, -0.25) is 14.5 Å². The normalized spacial score (nSPS) is 18.4. The van der Waals surface area contributed by atoms with Crippen LogP contribution in [0.3, 0.4) is 0 Å². The summed E-state index contributed by atoms with van der Waals surface area (Å²) in [5.41, 5.74) is 1.13. The van der Waals surface area contributed by atoms with Crippen LogP contribution >= 0.6 is 11.6 Å². The molecule has 1 N–H and O–H groups in total. The molecule has 0 aliphatic carbocycles. The molecule has 0 unspecified atom stereocenters. The quantitative estimate of drug-likeness (QED) is 0.385. The van der Waals surface area contributed by atoms with Gasteiger partial charge < -0.3 is 24.1 Å². The molecule has 1 aromatic heterocycles. The summed E-state index contributed by atoms with van der Waals surface area (Å²) in [5.74, 6) is -0.569. The van der Waals surface area contributed by atoms with Gasteiger partial charge in [-0.05, 0) is 54.3 Å². The fourth-order valence-electron chi connectivity index (χ4n) is 5.02. The van der Waals surface area contributed by atoms with Crippen molar-refractivity contribution in [3.05, 3.63) is 94.2 Å². The first kappa shape index (κ1) is 28.3. The average Bonchev–Trinajstić information content (AvgIpc) is 3.66. The van der Waals surface area contributed by atoms with Gasteiger partial charge in [0.25, 0.3) is 5.91 Å². The third-order valence-electron chi connectivity index (χ3n) is 7.19. The van der Waals surface area contributed by atoms with Crippen LogP contribution in [0.15, 0.2) is 65.1 Å². The lowest BCUT2D eigenvalue weighted by atomic mass is 10.0. The Kier molecular flexibility index (Phi) is 9.49. The minimum absolute atomic E-state index is 0.0351. The van der Waals surface area contributed by atoms with Crippen molar-refractivity contribution in [1.82, 2.24) is 15.1 Å². The van der Waals surface area contributed by atoms with E-state index >= 15 is 0 Å². The smallest absolute Gasteiger partial charge is 0.290 e. The topological polar surface area (TPSA) is 84.2 Å². The standard InChI is InChI=1S/C30H33ClFN3O5/c31-26-6-2-1-4-22(26)19-35(30(37)27-12-11-25(40-27)20-34-13-16-38-17-14-34)28(21-7-9-23(32)10-8-21)29(36)33-18-24-5-3-15-39-24/h1-2,4,6-12,24,28H,3,5,13-20H2,(H,33,36)/t24-,28+/m1/s1. The number of amides is 2. The molecule has 212 valence electrons. The molecule has 2 aliphatic rings. The third kappa shape index (κ3) is 7.09. The fourth-order valence-corrected chi connectivity index (χ4v) is 5.22. The molecule has 2 saturated heterocycles. The van der Waals surface area contributed by atoms with E-state index in [0.29, 0.717) is 54.8 Å². The zero-order chi connectivity index (χ0) is 27.9. The van der Waals surface area contributed by atoms with E-state index in [1.807, 2.05) is 6.07 Å². The van der Waals surface area contributed by atoms with Crippen LogP contribution in [-0.4, -0.2) is 67.2 Å². The molecule has 8 nitrogen and oxygen atoms in total. The van der Waals surface area contributed by atoms with Gasteiger partial charge in [0, 0.05) is 37.8 Å². The second-order valence-corrected chi connectivity index (χ2v) is 10.4. The van der Waals surface area contributed by atoms with Gasteiger partial charge in [0.15, 0.2) is 5.76 Å². The highest BCUT2D eigenvalue weighted by Gasteiger charge is 2.34. The van der Waals surface area contributed by atoms with E-state index in [2.05, 4.69) is 10.2 Å². The Morgan fingerprint density at radius 2 is 1.82 bits per heavy atom. The van der Waals surface area contributed by atoms with Gasteiger partial charge in [-0.1, -0.05) is 41.9 Å². The largest absolute Gasteiger partial charge is 0.455 e. The van der Waals surface area contributed by atoms with Crippen molar-refractivity contribution in [2.75, 3.05) is 39.5 Å². The number of ether oxygens (including phenoxy) is 2. The minimum atomic E-state index is -1.07. The number of hydrogen-bond acceptors (Lipinski definition) is 6. The van der Waals surface area contributed by atoms with Crippen LogP contribution in [0.5, 0.6) is 0 Å². The Bertz CT molecular complexity index is 1290. The zero-order valence-corrected chi connectivity index (χ0v) is 22.9. The maximum absolute atomic E-state index is 14.1. The highest BCUT2D eigenvalue weighted by molar-refractivity contribution is 6.31. The number of hydrogen-bond donors (Lipinski definition) is 1. The SMILES string of the molecule is O=C(NC[C@H]1CCCO1)[C@H](c1ccc(F)cc1)N(Cc1ccccc1Cl)C(=O)c1ccc(CN2CCOCC2)o1. The molecule has 10 heteroatoms. The molecule has 0 saturated carbocycles. The molecule has 0 radical (unpaired) electrons. The lowest BCUT2D eigenvalue weighted by molar-refractivity contribution is -0.126. The molecule has 0 bridgehead atoms. The van der Waals surface area contributed by atoms with E-state index in [1.54, 1.807) is 30.3 Å². The Morgan fingerprint density at radius 3 is 2.55 bits per heavy atom. The van der Waals surface area contributed by atoms with Gasteiger partial charge in [-0.15, -0.1) is 0 Å². The van der Waals surface area contributed by atoms with Crippen molar-refractivity contribution in [3.8, 4) is 0 Å². The molecule has 3 heterocycles. The summed E-state index contributed by atoms with van der Waals surface area (Å²) >= 11 is 6.49. The number of benzene rings is 2. The lowest BCUT2D eigenvalue weighted by Gasteiger charge is -2.31. The number of carbonyl (C=O) groups is 2. The highest BCUT2D eigenvalue weighted by Crippen LogP contribution is 2.29. The van der Waals surface area contributed by atoms with Gasteiger partial charge in [-0.2, -0.15) is 0 Å². The van der Waals surface area contributed by atoms with Crippen molar-refractivity contribution >= 4 is 23.4 Å². The lowest BCUT2D eigenvalue weighted by Crippen LogP contribution is -2.45. The number of nitrogens with zero attached hydrogens (tertiary/aromatic N) is 2. The van der Waals surface area contributed by atoms with Crippen LogP contribution in [-0.2, 0) is 27.4 Å². The number of halogens is 2. The maximum atomic E-state index is 14.1. The highest BCUT2D eigenvalue weighted by atomic mass is 35.5. The number of furan rings is 1. The Balaban J connectivity index is 1.46. The zero-order valence-electron chi connectivity index (χ0n) is 22.2. The van der Waals surface area contributed by atoms with Crippen LogP contribution in [0.4, 0.5) is 4.39 Å². The van der Waals surface area contributed by atoms with E-state index in [1.165, 1.54) is 29.2 Å². The summed E-state index contributed by atoms with van der Waals surface area (Å²) in [4.78, 5) is 31.5. The molecule has 2 fully saturated rings. The van der Waals surface area contributed by atoms with Crippen LogP contribution in [0.2, 0.25) is 5.02 Å². The van der Waals surface area contributed by atoms with Crippen LogP contribution in [0.25, 0.3) is 0 Å². The monoisotopic (exact) mass is 569 g/mol. The Labute approximate surface area is 238 Å². The van der Waals surface area contributed by atoms with Crippen molar-refractivity contribution < 1.29 is 27.9 Å². The van der Waals surface area contributed by atoms with E-state index in [-0.39, 0.29) is 18.4 Å². The molecule has 3 aromatic rings. The van der Waals surface area contributed by atoms with E-state index < -0.39 is 23.7 Å². The summed E-state index contributed by atoms with van der Waals surface area (Å²) < 4.78 is 31.0. The van der Waals surface area contributed by atoms with Gasteiger partial charge in [-0.25, -0.2) is 4.39 Å². The van der Waals surface area contributed by atoms with E-state index in [9.17, 15) is 14.0 Å². The molecular weight excluding hydrogens is 537 g/mol. The maximum Gasteiger partial charge on any atom is 0.290 e. The fraction of sp³-hybridized carbons (Fsp3) is 0.400. The minimum Gasteiger partial charge on any atom is -0.455 e. The van der Waals surface area contributed by atoms with Crippen molar-refractivity contribution in [1.29, 1.82) is 0 Å². The summed E-state index contributed by atoms with van der Waals surface area (Å²) in [6, 6.07) is 15.1. The van der Waals surface area contributed by atoms with Crippen LogP contribution in [0.1, 0.15) is 46.3 Å². The van der Waals surface area contributed by atoms with Crippen molar-refractivity contribution in [3.63, 3.8) is 0 Å². The summed E-state index contributed by atoms with van der Waals surface area (Å²) in [6.45, 7) is 4.41. The number of carbonyl (C=O) groups excluding carboxylic acids is 2. The summed E-state index contributed by atoms with van der Waals surface area (Å²) in [5, 5.41) is 3.41. The number of nitrogens with one attached hydrogen (secondary N) is 1. The second kappa shape index (κ2) is 13.4. The molecule has 2 atom stereocenters. The molecule has 5 rings (SSSR count). The molecule has 40 heavy (non-hydrogen) atoms. The molecular formula is C30H33ClFN3O5. The average molecular weight is 570 g/mol. The Morgan fingerprint density at radius 1 is 1.05 bits per heavy atom. The summed E-state index contributed by atoms with van der Waals surface area (Å²) in [6.07, 6.45) is 1.70. The number of rotatable bonds is 10. The van der Waals surface area contributed by atoms with Crippen LogP contribution in [0, 0.1) is 5.82 Å². The molecule has 0 spiro atoms. The van der Waals surface area contributed by atoms with E-state index in [4.69, 9.17) is 25.5 Å². The van der Waals surface area contributed by atoms with Gasteiger partial charge in [0.1, 0.15) is 17.6 Å². The van der Waals surface area contributed by atoms with Crippen LogP contribution < -0.4 is 5.32 Å². The van der Waals surface area contributed by atoms with E-state index in [0.717, 1.165) is 25.9 Å². The van der Waals surface area contributed by atoms with Gasteiger partial charge >= 0.3 is 0 Å².